The van der Waals surface area contributed by atoms with Crippen molar-refractivity contribution in [3.8, 4) is 0 Å². The van der Waals surface area contributed by atoms with Gasteiger partial charge in [-0.3, -0.25) is 9.59 Å². The van der Waals surface area contributed by atoms with Crippen LogP contribution in [0.2, 0.25) is 5.02 Å². The first-order valence-electron chi connectivity index (χ1n) is 12.3. The van der Waals surface area contributed by atoms with Crippen LogP contribution in [0.3, 0.4) is 0 Å². The van der Waals surface area contributed by atoms with Gasteiger partial charge in [-0.15, -0.1) is 0 Å². The van der Waals surface area contributed by atoms with Crippen LogP contribution in [0.5, 0.6) is 0 Å². The van der Waals surface area contributed by atoms with Gasteiger partial charge in [-0.25, -0.2) is 8.70 Å². The average Bonchev–Trinajstić information content (AvgIpc) is 3.36. The SMILES string of the molecule is CCC(C(=O)NC1CCCC1)N(Cc1ccccc1Cl)C(=O)CN(c1ccccc1F)S(=O)(=O)N(C)C. The van der Waals surface area contributed by atoms with E-state index in [1.54, 1.807) is 31.2 Å². The molecule has 1 N–H and O–H groups in total. The summed E-state index contributed by atoms with van der Waals surface area (Å²) < 4.78 is 42.7. The molecule has 0 aliphatic heterocycles. The summed E-state index contributed by atoms with van der Waals surface area (Å²) in [5, 5.41) is 3.46. The van der Waals surface area contributed by atoms with E-state index >= 15 is 0 Å². The van der Waals surface area contributed by atoms with Crippen LogP contribution in [-0.4, -0.2) is 62.2 Å². The highest BCUT2D eigenvalue weighted by atomic mass is 35.5. The fourth-order valence-electron chi connectivity index (χ4n) is 4.45. The summed E-state index contributed by atoms with van der Waals surface area (Å²) in [5.41, 5.74) is 0.350. The molecule has 0 saturated heterocycles. The first-order valence-corrected chi connectivity index (χ1v) is 14.1. The zero-order valence-electron chi connectivity index (χ0n) is 21.4. The quantitative estimate of drug-likeness (QED) is 0.457. The molecule has 1 unspecified atom stereocenters. The molecule has 1 aliphatic carbocycles. The molecule has 11 heteroatoms. The molecular weight excluding hydrogens is 519 g/mol. The molecule has 0 aromatic heterocycles. The normalized spacial score (nSPS) is 15.0. The molecule has 8 nitrogen and oxygen atoms in total. The van der Waals surface area contributed by atoms with Crippen LogP contribution in [0, 0.1) is 5.82 Å². The molecule has 0 bridgehead atoms. The van der Waals surface area contributed by atoms with E-state index < -0.39 is 34.5 Å². The lowest BCUT2D eigenvalue weighted by atomic mass is 10.1. The van der Waals surface area contributed by atoms with Crippen molar-refractivity contribution in [2.45, 2.75) is 57.7 Å². The maximum absolute atomic E-state index is 14.7. The summed E-state index contributed by atoms with van der Waals surface area (Å²) in [6.07, 6.45) is 4.12. The summed E-state index contributed by atoms with van der Waals surface area (Å²) in [7, 11) is -1.63. The lowest BCUT2D eigenvalue weighted by Crippen LogP contribution is -2.54. The average molecular weight is 553 g/mol. The monoisotopic (exact) mass is 552 g/mol. The van der Waals surface area contributed by atoms with E-state index in [9.17, 15) is 22.4 Å². The predicted molar refractivity (Wildman–Crippen MR) is 143 cm³/mol. The van der Waals surface area contributed by atoms with Gasteiger partial charge in [0.15, 0.2) is 0 Å². The van der Waals surface area contributed by atoms with E-state index in [1.165, 1.54) is 37.2 Å². The van der Waals surface area contributed by atoms with Crippen molar-refractivity contribution in [2.24, 2.45) is 0 Å². The Labute approximate surface area is 223 Å². The van der Waals surface area contributed by atoms with Gasteiger partial charge >= 0.3 is 10.2 Å². The zero-order valence-corrected chi connectivity index (χ0v) is 22.9. The predicted octanol–water partition coefficient (Wildman–Crippen LogP) is 3.96. The Morgan fingerprint density at radius 1 is 1.08 bits per heavy atom. The minimum Gasteiger partial charge on any atom is -0.352 e. The number of nitrogens with one attached hydrogen (secondary N) is 1. The van der Waals surface area contributed by atoms with Gasteiger partial charge in [0, 0.05) is 31.7 Å². The number of hydrogen-bond acceptors (Lipinski definition) is 4. The molecule has 1 atom stereocenters. The number of benzene rings is 2. The van der Waals surface area contributed by atoms with E-state index in [4.69, 9.17) is 11.6 Å². The summed E-state index contributed by atoms with van der Waals surface area (Å²) in [5.74, 6) is -1.74. The van der Waals surface area contributed by atoms with Gasteiger partial charge in [0.2, 0.25) is 11.8 Å². The van der Waals surface area contributed by atoms with Crippen molar-refractivity contribution >= 4 is 39.3 Å². The highest BCUT2D eigenvalue weighted by molar-refractivity contribution is 7.90. The van der Waals surface area contributed by atoms with Crippen molar-refractivity contribution in [3.05, 3.63) is 64.9 Å². The number of para-hydroxylation sites is 1. The third kappa shape index (κ3) is 7.00. The Morgan fingerprint density at radius 3 is 2.30 bits per heavy atom. The smallest absolute Gasteiger partial charge is 0.304 e. The summed E-state index contributed by atoms with van der Waals surface area (Å²) in [4.78, 5) is 28.5. The number of rotatable bonds is 11. The maximum atomic E-state index is 14.7. The van der Waals surface area contributed by atoms with Crippen LogP contribution in [0.15, 0.2) is 48.5 Å². The highest BCUT2D eigenvalue weighted by Gasteiger charge is 2.35. The summed E-state index contributed by atoms with van der Waals surface area (Å²) in [6.45, 7) is 1.08. The summed E-state index contributed by atoms with van der Waals surface area (Å²) in [6, 6.07) is 11.5. The van der Waals surface area contributed by atoms with Gasteiger partial charge in [-0.05, 0) is 43.0 Å². The first-order chi connectivity index (χ1) is 17.6. The van der Waals surface area contributed by atoms with Crippen LogP contribution >= 0.6 is 11.6 Å². The first kappa shape index (κ1) is 28.9. The van der Waals surface area contributed by atoms with Gasteiger partial charge in [-0.2, -0.15) is 12.7 Å². The third-order valence-corrected chi connectivity index (χ3v) is 8.70. The second kappa shape index (κ2) is 12.7. The Kier molecular flexibility index (Phi) is 9.92. The van der Waals surface area contributed by atoms with Gasteiger partial charge in [0.25, 0.3) is 0 Å². The van der Waals surface area contributed by atoms with Gasteiger partial charge in [0.1, 0.15) is 18.4 Å². The van der Waals surface area contributed by atoms with Gasteiger partial charge in [-0.1, -0.05) is 61.7 Å². The molecule has 1 fully saturated rings. The molecule has 2 amide bonds. The molecule has 0 spiro atoms. The maximum Gasteiger partial charge on any atom is 0.304 e. The van der Waals surface area contributed by atoms with Crippen LogP contribution in [0.25, 0.3) is 0 Å². The van der Waals surface area contributed by atoms with Gasteiger partial charge < -0.3 is 10.2 Å². The number of carbonyl (C=O) groups is 2. The van der Waals surface area contributed by atoms with Crippen LogP contribution in [0.4, 0.5) is 10.1 Å². The summed E-state index contributed by atoms with van der Waals surface area (Å²) >= 11 is 6.37. The Bertz CT molecular complexity index is 1200. The molecule has 3 rings (SSSR count). The van der Waals surface area contributed by atoms with E-state index in [-0.39, 0.29) is 24.2 Å². The Hall–Kier alpha value is -2.69. The van der Waals surface area contributed by atoms with Gasteiger partial charge in [0.05, 0.1) is 5.69 Å². The number of halogens is 2. The third-order valence-electron chi connectivity index (χ3n) is 6.53. The minimum atomic E-state index is -4.24. The molecular formula is C26H34ClFN4O4S. The van der Waals surface area contributed by atoms with Crippen LogP contribution in [-0.2, 0) is 26.3 Å². The van der Waals surface area contributed by atoms with E-state index in [0.717, 1.165) is 40.4 Å². The molecule has 202 valence electrons. The number of nitrogens with zero attached hydrogens (tertiary/aromatic N) is 3. The largest absolute Gasteiger partial charge is 0.352 e. The Balaban J connectivity index is 1.99. The second-order valence-electron chi connectivity index (χ2n) is 9.28. The molecule has 2 aromatic carbocycles. The molecule has 1 saturated carbocycles. The zero-order chi connectivity index (χ0) is 27.2. The minimum absolute atomic E-state index is 0.0117. The lowest BCUT2D eigenvalue weighted by molar-refractivity contribution is -0.140. The number of anilines is 1. The Morgan fingerprint density at radius 2 is 1.70 bits per heavy atom. The standard InChI is InChI=1S/C26H34ClFN4O4S/c1-4-23(26(34)29-20-12-6-7-13-20)31(17-19-11-5-8-14-21(19)27)25(33)18-32(37(35,36)30(2)3)24-16-10-9-15-22(24)28/h5,8-11,14-16,20,23H,4,6-7,12-13,17-18H2,1-3H3,(H,29,34). The van der Waals surface area contributed by atoms with Crippen molar-refractivity contribution in [2.75, 3.05) is 24.9 Å². The fourth-order valence-corrected chi connectivity index (χ4v) is 5.71. The molecule has 0 radical (unpaired) electrons. The topological polar surface area (TPSA) is 90.0 Å². The molecule has 0 heterocycles. The molecule has 2 aromatic rings. The van der Waals surface area contributed by atoms with Crippen molar-refractivity contribution < 1.29 is 22.4 Å². The van der Waals surface area contributed by atoms with Crippen LogP contribution < -0.4 is 9.62 Å². The van der Waals surface area contributed by atoms with Crippen molar-refractivity contribution in [1.29, 1.82) is 0 Å². The molecule has 37 heavy (non-hydrogen) atoms. The van der Waals surface area contributed by atoms with E-state index in [1.807, 2.05) is 0 Å². The highest BCUT2D eigenvalue weighted by Crippen LogP contribution is 2.25. The lowest BCUT2D eigenvalue weighted by Gasteiger charge is -2.34. The van der Waals surface area contributed by atoms with Crippen molar-refractivity contribution in [1.82, 2.24) is 14.5 Å². The second-order valence-corrected chi connectivity index (χ2v) is 11.7. The fraction of sp³-hybridized carbons (Fsp3) is 0.462. The van der Waals surface area contributed by atoms with E-state index in [2.05, 4.69) is 5.32 Å². The molecule has 1 aliphatic rings. The van der Waals surface area contributed by atoms with Crippen molar-refractivity contribution in [3.63, 3.8) is 0 Å². The van der Waals surface area contributed by atoms with E-state index in [0.29, 0.717) is 17.0 Å². The van der Waals surface area contributed by atoms with Crippen LogP contribution in [0.1, 0.15) is 44.6 Å². The number of carbonyl (C=O) groups excluding carboxylic acids is 2. The number of amides is 2. The number of hydrogen-bond donors (Lipinski definition) is 1.